The number of amides is 1. The number of nitrogens with zero attached hydrogens (tertiary/aromatic N) is 2. The minimum atomic E-state index is 0.174. The lowest BCUT2D eigenvalue weighted by Gasteiger charge is -2.15. The van der Waals surface area contributed by atoms with E-state index in [1.54, 1.807) is 0 Å². The Balaban J connectivity index is 2.21. The van der Waals surface area contributed by atoms with Crippen molar-refractivity contribution < 1.29 is 4.79 Å². The van der Waals surface area contributed by atoms with Crippen molar-refractivity contribution in [1.82, 2.24) is 9.47 Å². The van der Waals surface area contributed by atoms with E-state index in [0.29, 0.717) is 0 Å². The molecular weight excluding hydrogens is 291 g/mol. The molecule has 0 aromatic carbocycles. The van der Waals surface area contributed by atoms with E-state index >= 15 is 0 Å². The first-order chi connectivity index (χ1) is 6.68. The number of halogens is 1. The van der Waals surface area contributed by atoms with Gasteiger partial charge in [-0.3, -0.25) is 4.79 Å². The van der Waals surface area contributed by atoms with Crippen LogP contribution in [0.2, 0.25) is 0 Å². The highest BCUT2D eigenvalue weighted by Crippen LogP contribution is 2.15. The van der Waals surface area contributed by atoms with Crippen molar-refractivity contribution in [3.63, 3.8) is 0 Å². The second-order valence-electron chi connectivity index (χ2n) is 3.65. The molecule has 0 unspecified atom stereocenters. The van der Waals surface area contributed by atoms with Crippen LogP contribution in [0.25, 0.3) is 0 Å². The lowest BCUT2D eigenvalue weighted by Crippen LogP contribution is -2.29. The molecule has 1 aromatic heterocycles. The third-order valence-electron chi connectivity index (χ3n) is 2.58. The summed E-state index contributed by atoms with van der Waals surface area (Å²) in [5.74, 6) is 0.174. The van der Waals surface area contributed by atoms with Crippen LogP contribution in [0.1, 0.15) is 23.3 Å². The first-order valence-corrected chi connectivity index (χ1v) is 5.87. The van der Waals surface area contributed by atoms with Gasteiger partial charge in [-0.25, -0.2) is 0 Å². The van der Waals surface area contributed by atoms with Crippen molar-refractivity contribution in [3.8, 4) is 0 Å². The topological polar surface area (TPSA) is 25.2 Å². The molecule has 1 fully saturated rings. The molecule has 76 valence electrons. The molecule has 14 heavy (non-hydrogen) atoms. The quantitative estimate of drug-likeness (QED) is 0.727. The number of carbonyl (C=O) groups is 1. The summed E-state index contributed by atoms with van der Waals surface area (Å²) < 4.78 is 3.02. The van der Waals surface area contributed by atoms with Crippen LogP contribution in [0.4, 0.5) is 0 Å². The summed E-state index contributed by atoms with van der Waals surface area (Å²) in [6.45, 7) is 1.83. The van der Waals surface area contributed by atoms with Gasteiger partial charge in [0.2, 0.25) is 0 Å². The van der Waals surface area contributed by atoms with E-state index in [1.807, 2.05) is 28.8 Å². The molecule has 0 aliphatic carbocycles. The molecule has 0 bridgehead atoms. The summed E-state index contributed by atoms with van der Waals surface area (Å²) in [5.41, 5.74) is 0.802. The second kappa shape index (κ2) is 3.92. The van der Waals surface area contributed by atoms with E-state index in [2.05, 4.69) is 22.6 Å². The third kappa shape index (κ3) is 1.80. The minimum Gasteiger partial charge on any atom is -0.346 e. The van der Waals surface area contributed by atoms with Gasteiger partial charge in [-0.15, -0.1) is 0 Å². The molecule has 0 saturated carbocycles. The fourth-order valence-electron chi connectivity index (χ4n) is 1.82. The van der Waals surface area contributed by atoms with Crippen LogP contribution in [0.15, 0.2) is 12.3 Å². The van der Waals surface area contributed by atoms with Crippen LogP contribution in [-0.4, -0.2) is 28.5 Å². The second-order valence-corrected chi connectivity index (χ2v) is 4.90. The first kappa shape index (κ1) is 10.0. The Bertz CT molecular complexity index is 353. The number of carbonyl (C=O) groups excluding carboxylic acids is 1. The van der Waals surface area contributed by atoms with E-state index in [9.17, 15) is 4.79 Å². The summed E-state index contributed by atoms with van der Waals surface area (Å²) in [5, 5.41) is 0. The van der Waals surface area contributed by atoms with Crippen molar-refractivity contribution in [1.29, 1.82) is 0 Å². The summed E-state index contributed by atoms with van der Waals surface area (Å²) in [6.07, 6.45) is 4.27. The van der Waals surface area contributed by atoms with Crippen molar-refractivity contribution in [2.75, 3.05) is 13.1 Å². The van der Waals surface area contributed by atoms with Gasteiger partial charge >= 0.3 is 0 Å². The molecule has 0 N–H and O–H groups in total. The number of hydrogen-bond donors (Lipinski definition) is 0. The first-order valence-electron chi connectivity index (χ1n) is 4.79. The monoisotopic (exact) mass is 304 g/mol. The molecule has 0 spiro atoms. The Morgan fingerprint density at radius 2 is 2.07 bits per heavy atom. The summed E-state index contributed by atoms with van der Waals surface area (Å²) in [4.78, 5) is 13.9. The lowest BCUT2D eigenvalue weighted by molar-refractivity contribution is 0.0783. The van der Waals surface area contributed by atoms with E-state index in [1.165, 1.54) is 0 Å². The number of aromatic nitrogens is 1. The highest BCUT2D eigenvalue weighted by molar-refractivity contribution is 14.1. The maximum atomic E-state index is 12.0. The van der Waals surface area contributed by atoms with Crippen LogP contribution >= 0.6 is 22.6 Å². The van der Waals surface area contributed by atoms with Crippen LogP contribution in [-0.2, 0) is 7.05 Å². The summed E-state index contributed by atoms with van der Waals surface area (Å²) in [7, 11) is 1.92. The lowest BCUT2D eigenvalue weighted by atomic mass is 10.4. The molecule has 1 aliphatic rings. The molecular formula is C10H13IN2O. The van der Waals surface area contributed by atoms with Gasteiger partial charge in [0.05, 0.1) is 0 Å². The van der Waals surface area contributed by atoms with E-state index < -0.39 is 0 Å². The standard InChI is InChI=1S/C10H13IN2O/c1-12-7-8(11)6-9(12)10(14)13-4-2-3-5-13/h6-7H,2-5H2,1H3. The number of hydrogen-bond acceptors (Lipinski definition) is 1. The smallest absolute Gasteiger partial charge is 0.270 e. The minimum absolute atomic E-state index is 0.174. The highest BCUT2D eigenvalue weighted by Gasteiger charge is 2.21. The largest absolute Gasteiger partial charge is 0.346 e. The van der Waals surface area contributed by atoms with E-state index in [-0.39, 0.29) is 5.91 Å². The molecule has 1 amide bonds. The maximum absolute atomic E-state index is 12.0. The molecule has 1 aliphatic heterocycles. The Labute approximate surface area is 97.2 Å². The van der Waals surface area contributed by atoms with E-state index in [4.69, 9.17) is 0 Å². The third-order valence-corrected chi connectivity index (χ3v) is 3.17. The molecule has 3 nitrogen and oxygen atoms in total. The fourth-order valence-corrected chi connectivity index (χ4v) is 2.53. The summed E-state index contributed by atoms with van der Waals surface area (Å²) in [6, 6.07) is 1.95. The summed E-state index contributed by atoms with van der Waals surface area (Å²) >= 11 is 2.23. The van der Waals surface area contributed by atoms with Gasteiger partial charge in [0, 0.05) is 29.9 Å². The zero-order chi connectivity index (χ0) is 10.1. The Hall–Kier alpha value is -0.520. The molecule has 4 heteroatoms. The fraction of sp³-hybridized carbons (Fsp3) is 0.500. The van der Waals surface area contributed by atoms with Gasteiger partial charge in [-0.05, 0) is 41.5 Å². The van der Waals surface area contributed by atoms with Crippen molar-refractivity contribution >= 4 is 28.5 Å². The van der Waals surface area contributed by atoms with Gasteiger partial charge in [0.25, 0.3) is 5.91 Å². The predicted molar refractivity (Wildman–Crippen MR) is 63.3 cm³/mol. The maximum Gasteiger partial charge on any atom is 0.270 e. The van der Waals surface area contributed by atoms with Crippen LogP contribution in [0, 0.1) is 3.57 Å². The number of rotatable bonds is 1. The Kier molecular flexibility index (Phi) is 2.80. The highest BCUT2D eigenvalue weighted by atomic mass is 127. The van der Waals surface area contributed by atoms with Gasteiger partial charge in [0.15, 0.2) is 0 Å². The van der Waals surface area contributed by atoms with Crippen molar-refractivity contribution in [2.24, 2.45) is 7.05 Å². The SMILES string of the molecule is Cn1cc(I)cc1C(=O)N1CCCC1. The average Bonchev–Trinajstić information content (AvgIpc) is 2.73. The molecule has 2 heterocycles. The van der Waals surface area contributed by atoms with Gasteiger partial charge in [-0.1, -0.05) is 0 Å². The van der Waals surface area contributed by atoms with Gasteiger partial charge < -0.3 is 9.47 Å². The normalized spacial score (nSPS) is 16.3. The van der Waals surface area contributed by atoms with E-state index in [0.717, 1.165) is 35.2 Å². The molecule has 1 saturated heterocycles. The molecule has 1 aromatic rings. The average molecular weight is 304 g/mol. The molecule has 0 atom stereocenters. The van der Waals surface area contributed by atoms with Gasteiger partial charge in [0.1, 0.15) is 5.69 Å². The number of likely N-dealkylation sites (tertiary alicyclic amines) is 1. The molecule has 0 radical (unpaired) electrons. The van der Waals surface area contributed by atoms with Crippen LogP contribution in [0.5, 0.6) is 0 Å². The Morgan fingerprint density at radius 1 is 1.43 bits per heavy atom. The van der Waals surface area contributed by atoms with Crippen molar-refractivity contribution in [3.05, 3.63) is 21.5 Å². The van der Waals surface area contributed by atoms with Gasteiger partial charge in [-0.2, -0.15) is 0 Å². The Morgan fingerprint density at radius 3 is 2.57 bits per heavy atom. The zero-order valence-electron chi connectivity index (χ0n) is 8.16. The zero-order valence-corrected chi connectivity index (χ0v) is 10.3. The predicted octanol–water partition coefficient (Wildman–Crippen LogP) is 1.87. The van der Waals surface area contributed by atoms with Crippen LogP contribution < -0.4 is 0 Å². The van der Waals surface area contributed by atoms with Crippen molar-refractivity contribution in [2.45, 2.75) is 12.8 Å². The number of aryl methyl sites for hydroxylation is 1. The molecule has 2 rings (SSSR count). The van der Waals surface area contributed by atoms with Crippen LogP contribution in [0.3, 0.4) is 0 Å².